The maximum atomic E-state index is 14.9. The molecule has 38 heavy (non-hydrogen) atoms. The summed E-state index contributed by atoms with van der Waals surface area (Å²) < 4.78 is 49.6. The molecule has 0 spiro atoms. The number of nitrogens with one attached hydrogen (secondary N) is 1. The van der Waals surface area contributed by atoms with Crippen molar-refractivity contribution in [1.82, 2.24) is 9.97 Å². The van der Waals surface area contributed by atoms with E-state index in [2.05, 4.69) is 15.3 Å². The van der Waals surface area contributed by atoms with Crippen molar-refractivity contribution >= 4 is 11.6 Å². The first kappa shape index (κ1) is 26.3. The van der Waals surface area contributed by atoms with Crippen LogP contribution in [0.5, 0.6) is 0 Å². The molecule has 200 valence electrons. The molecule has 2 aromatic heterocycles. The third kappa shape index (κ3) is 4.79. The molecule has 3 aromatic rings. The van der Waals surface area contributed by atoms with Gasteiger partial charge in [-0.15, -0.1) is 0 Å². The molecule has 10 heteroatoms. The van der Waals surface area contributed by atoms with Crippen molar-refractivity contribution in [1.29, 1.82) is 0 Å². The summed E-state index contributed by atoms with van der Waals surface area (Å²) in [4.78, 5) is 21.2. The third-order valence-electron chi connectivity index (χ3n) is 7.96. The Kier molecular flexibility index (Phi) is 6.97. The van der Waals surface area contributed by atoms with Crippen LogP contribution in [0.2, 0.25) is 0 Å². The Labute approximate surface area is 218 Å². The lowest BCUT2D eigenvalue weighted by molar-refractivity contribution is -0.0463. The van der Waals surface area contributed by atoms with Crippen molar-refractivity contribution in [3.05, 3.63) is 77.0 Å². The van der Waals surface area contributed by atoms with Gasteiger partial charge < -0.3 is 20.9 Å². The Morgan fingerprint density at radius 2 is 1.82 bits per heavy atom. The largest absolute Gasteiger partial charge is 0.388 e. The summed E-state index contributed by atoms with van der Waals surface area (Å²) >= 11 is 0. The van der Waals surface area contributed by atoms with Crippen LogP contribution in [0.25, 0.3) is 11.3 Å². The van der Waals surface area contributed by atoms with Gasteiger partial charge in [-0.25, -0.2) is 18.2 Å². The molecule has 0 radical (unpaired) electrons. The molecular weight excluding hydrogens is 497 g/mol. The number of ether oxygens (including phenoxy) is 1. The number of halogens is 3. The van der Waals surface area contributed by atoms with E-state index in [1.807, 2.05) is 6.92 Å². The minimum atomic E-state index is -1.00. The van der Waals surface area contributed by atoms with Gasteiger partial charge in [0, 0.05) is 18.2 Å². The predicted molar refractivity (Wildman–Crippen MR) is 135 cm³/mol. The highest BCUT2D eigenvalue weighted by atomic mass is 19.1. The lowest BCUT2D eigenvalue weighted by atomic mass is 9.68. The van der Waals surface area contributed by atoms with E-state index in [9.17, 15) is 23.1 Å². The number of hydrogen-bond acceptors (Lipinski definition) is 6. The molecule has 3 heterocycles. The summed E-state index contributed by atoms with van der Waals surface area (Å²) in [6.07, 6.45) is 4.24. The van der Waals surface area contributed by atoms with E-state index in [0.717, 1.165) is 29.8 Å². The maximum absolute atomic E-state index is 14.9. The number of hydrogen-bond donors (Lipinski definition) is 3. The molecule has 1 aliphatic heterocycles. The number of carbonyl (C=O) groups excluding carboxylic acids is 1. The molecule has 2 aliphatic rings. The molecule has 2 fully saturated rings. The molecule has 0 unspecified atom stereocenters. The van der Waals surface area contributed by atoms with Gasteiger partial charge in [0.2, 0.25) is 0 Å². The topological polar surface area (TPSA) is 110 Å². The van der Waals surface area contributed by atoms with Crippen LogP contribution in [0, 0.1) is 23.4 Å². The standard InChI is InChI=1S/C28H29F3N4O3/c1-14-7-16(10-24(32)28(14,2)37)18-5-6-33-11-23(18)35-27(36)22-4-3-19(29)26(34-22)25-20(30)8-15(9-21(25)31)17-12-38-13-17/h3-6,8-9,11,14,16-17,24,37H,7,10,12-13,32H2,1-2H3,(H,35,36)/t14-,16+,24+,28+/m0/s1. The first-order chi connectivity index (χ1) is 18.1. The molecular formula is C28H29F3N4O3. The minimum Gasteiger partial charge on any atom is -0.388 e. The highest BCUT2D eigenvalue weighted by molar-refractivity contribution is 6.03. The van der Waals surface area contributed by atoms with Gasteiger partial charge in [0.05, 0.1) is 36.3 Å². The number of anilines is 1. The molecule has 7 nitrogen and oxygen atoms in total. The van der Waals surface area contributed by atoms with E-state index >= 15 is 0 Å². The molecule has 1 saturated carbocycles. The molecule has 1 aliphatic carbocycles. The normalized spacial score (nSPS) is 25.6. The lowest BCUT2D eigenvalue weighted by Gasteiger charge is -2.44. The molecule has 1 saturated heterocycles. The number of rotatable bonds is 5. The second-order valence-corrected chi connectivity index (χ2v) is 10.4. The maximum Gasteiger partial charge on any atom is 0.274 e. The summed E-state index contributed by atoms with van der Waals surface area (Å²) in [5, 5.41) is 13.4. The number of nitrogens with zero attached hydrogens (tertiary/aromatic N) is 2. The first-order valence-corrected chi connectivity index (χ1v) is 12.5. The number of amides is 1. The summed E-state index contributed by atoms with van der Waals surface area (Å²) in [5.41, 5.74) is 5.43. The van der Waals surface area contributed by atoms with E-state index < -0.39 is 46.3 Å². The van der Waals surface area contributed by atoms with E-state index in [1.54, 1.807) is 19.2 Å². The van der Waals surface area contributed by atoms with Gasteiger partial charge in [-0.05, 0) is 73.1 Å². The first-order valence-electron chi connectivity index (χ1n) is 12.5. The summed E-state index contributed by atoms with van der Waals surface area (Å²) in [6.45, 7) is 4.39. The molecule has 4 N–H and O–H groups in total. The van der Waals surface area contributed by atoms with Crippen LogP contribution >= 0.6 is 0 Å². The number of aliphatic hydroxyl groups is 1. The number of pyridine rings is 2. The van der Waals surface area contributed by atoms with Crippen molar-refractivity contribution < 1.29 is 27.8 Å². The number of carbonyl (C=O) groups is 1. The quantitative estimate of drug-likeness (QED) is 0.451. The fourth-order valence-electron chi connectivity index (χ4n) is 5.20. The van der Waals surface area contributed by atoms with E-state index in [0.29, 0.717) is 37.3 Å². The van der Waals surface area contributed by atoms with Crippen molar-refractivity contribution in [3.63, 3.8) is 0 Å². The zero-order valence-corrected chi connectivity index (χ0v) is 21.0. The number of nitrogens with two attached hydrogens (primary N) is 1. The van der Waals surface area contributed by atoms with Crippen LogP contribution in [-0.2, 0) is 4.74 Å². The molecule has 1 aromatic carbocycles. The Morgan fingerprint density at radius 1 is 1.11 bits per heavy atom. The van der Waals surface area contributed by atoms with Crippen molar-refractivity contribution in [2.75, 3.05) is 18.5 Å². The van der Waals surface area contributed by atoms with Crippen LogP contribution in [0.15, 0.2) is 42.7 Å². The fourth-order valence-corrected chi connectivity index (χ4v) is 5.20. The lowest BCUT2D eigenvalue weighted by Crippen LogP contribution is -2.54. The molecule has 5 rings (SSSR count). The average Bonchev–Trinajstić information content (AvgIpc) is 2.82. The van der Waals surface area contributed by atoms with Gasteiger partial charge in [0.15, 0.2) is 0 Å². The number of benzene rings is 1. The molecule has 0 bridgehead atoms. The van der Waals surface area contributed by atoms with Crippen LogP contribution in [0.4, 0.5) is 18.9 Å². The highest BCUT2D eigenvalue weighted by Gasteiger charge is 2.42. The Morgan fingerprint density at radius 3 is 2.45 bits per heavy atom. The second kappa shape index (κ2) is 10.1. The SMILES string of the molecule is C[C@H]1C[C@@H](c2ccncc2NC(=O)c2ccc(F)c(-c3c(F)cc(C4COC4)cc3F)n2)C[C@@H](N)[C@]1(C)O. The van der Waals surface area contributed by atoms with E-state index in [4.69, 9.17) is 10.5 Å². The van der Waals surface area contributed by atoms with Crippen molar-refractivity contribution in [2.45, 2.75) is 50.2 Å². The smallest absolute Gasteiger partial charge is 0.274 e. The van der Waals surface area contributed by atoms with Crippen molar-refractivity contribution in [3.8, 4) is 11.3 Å². The van der Waals surface area contributed by atoms with Crippen LogP contribution < -0.4 is 11.1 Å². The van der Waals surface area contributed by atoms with Crippen LogP contribution in [0.3, 0.4) is 0 Å². The third-order valence-corrected chi connectivity index (χ3v) is 7.96. The van der Waals surface area contributed by atoms with Gasteiger partial charge in [-0.3, -0.25) is 9.78 Å². The summed E-state index contributed by atoms with van der Waals surface area (Å²) in [7, 11) is 0. The average molecular weight is 527 g/mol. The Bertz CT molecular complexity index is 1340. The monoisotopic (exact) mass is 526 g/mol. The molecule has 4 atom stereocenters. The zero-order chi connectivity index (χ0) is 27.2. The van der Waals surface area contributed by atoms with E-state index in [1.165, 1.54) is 6.20 Å². The second-order valence-electron chi connectivity index (χ2n) is 10.4. The van der Waals surface area contributed by atoms with Crippen LogP contribution in [0.1, 0.15) is 60.1 Å². The molecule has 1 amide bonds. The van der Waals surface area contributed by atoms with E-state index in [-0.39, 0.29) is 23.4 Å². The predicted octanol–water partition coefficient (Wildman–Crippen LogP) is 4.52. The van der Waals surface area contributed by atoms with Gasteiger partial charge >= 0.3 is 0 Å². The van der Waals surface area contributed by atoms with Gasteiger partial charge in [-0.2, -0.15) is 0 Å². The van der Waals surface area contributed by atoms with Gasteiger partial charge in [-0.1, -0.05) is 6.92 Å². The van der Waals surface area contributed by atoms with Gasteiger partial charge in [0.25, 0.3) is 5.91 Å². The van der Waals surface area contributed by atoms with Crippen molar-refractivity contribution in [2.24, 2.45) is 11.7 Å². The Hall–Kier alpha value is -3.34. The zero-order valence-electron chi connectivity index (χ0n) is 21.0. The fraction of sp³-hybridized carbons (Fsp3) is 0.393. The summed E-state index contributed by atoms with van der Waals surface area (Å²) in [5.74, 6) is -3.83. The van der Waals surface area contributed by atoms with Crippen LogP contribution in [-0.4, -0.2) is 45.8 Å². The number of aromatic nitrogens is 2. The highest BCUT2D eigenvalue weighted by Crippen LogP contribution is 2.43. The Balaban J connectivity index is 1.42. The van der Waals surface area contributed by atoms with Gasteiger partial charge in [0.1, 0.15) is 28.8 Å². The summed E-state index contributed by atoms with van der Waals surface area (Å²) in [6, 6.07) is 5.72. The minimum absolute atomic E-state index is 0.0435.